The molecule has 0 spiro atoms. The van der Waals surface area contributed by atoms with Crippen molar-refractivity contribution < 1.29 is 56.5 Å². The molecule has 0 amide bonds. The predicted molar refractivity (Wildman–Crippen MR) is 31.4 cm³/mol. The van der Waals surface area contributed by atoms with E-state index in [0.29, 0.717) is 5.92 Å². The molecule has 1 aliphatic carbocycles. The van der Waals surface area contributed by atoms with Crippen LogP contribution in [0, 0.1) is 5.92 Å². The molecule has 0 aromatic rings. The van der Waals surface area contributed by atoms with Crippen LogP contribution in [0.3, 0.4) is 0 Å². The Morgan fingerprint density at radius 2 is 1.67 bits per heavy atom. The zero-order valence-corrected chi connectivity index (χ0v) is 9.35. The summed E-state index contributed by atoms with van der Waals surface area (Å²) in [6.07, 6.45) is 6.35. The molecule has 1 aliphatic rings. The third-order valence-corrected chi connectivity index (χ3v) is 1.96. The molecule has 0 atom stereocenters. The minimum absolute atomic E-state index is 0. The molecule has 1 nitrogen and oxygen atoms in total. The van der Waals surface area contributed by atoms with E-state index in [-0.39, 0.29) is 58.0 Å². The zero-order valence-electron chi connectivity index (χ0n) is 6.23. The molecule has 0 heterocycles. The van der Waals surface area contributed by atoms with Crippen LogP contribution in [0.1, 0.15) is 32.1 Å². The first-order valence-corrected chi connectivity index (χ1v) is 3.51. The fourth-order valence-electron chi connectivity index (χ4n) is 1.35. The smallest absolute Gasteiger partial charge is 0.854 e. The Balaban J connectivity index is 0.000000640. The predicted octanol–water partition coefficient (Wildman–Crippen LogP) is -2.07. The third kappa shape index (κ3) is 4.12. The van der Waals surface area contributed by atoms with Gasteiger partial charge in [-0.3, -0.25) is 0 Å². The van der Waals surface area contributed by atoms with Crippen molar-refractivity contribution in [2.24, 2.45) is 5.92 Å². The van der Waals surface area contributed by atoms with Gasteiger partial charge in [0.05, 0.1) is 0 Å². The van der Waals surface area contributed by atoms with Gasteiger partial charge in [-0.25, -0.2) is 0 Å². The van der Waals surface area contributed by atoms with E-state index in [1.165, 1.54) is 32.1 Å². The van der Waals surface area contributed by atoms with E-state index in [0.717, 1.165) is 0 Å². The summed E-state index contributed by atoms with van der Waals surface area (Å²) < 4.78 is 0. The van der Waals surface area contributed by atoms with E-state index in [1.807, 2.05) is 0 Å². The van der Waals surface area contributed by atoms with Crippen molar-refractivity contribution in [3.8, 4) is 0 Å². The van der Waals surface area contributed by atoms with Crippen LogP contribution in [0.25, 0.3) is 0 Å². The van der Waals surface area contributed by atoms with Crippen LogP contribution in [0.2, 0.25) is 0 Å². The minimum Gasteiger partial charge on any atom is -0.854 e. The van der Waals surface area contributed by atoms with Crippen LogP contribution < -0.4 is 56.5 Å². The molecule has 1 rings (SSSR count). The standard InChI is InChI=1S/C7H13O.K/c8-6-7-4-2-1-3-5-7;/h7H,1-6H2;/q-1;+1. The van der Waals surface area contributed by atoms with E-state index in [4.69, 9.17) is 0 Å². The van der Waals surface area contributed by atoms with E-state index < -0.39 is 0 Å². The van der Waals surface area contributed by atoms with Gasteiger partial charge in [0.15, 0.2) is 0 Å². The first-order chi connectivity index (χ1) is 3.93. The topological polar surface area (TPSA) is 23.1 Å². The van der Waals surface area contributed by atoms with E-state index in [1.54, 1.807) is 0 Å². The molecule has 0 unspecified atom stereocenters. The quantitative estimate of drug-likeness (QED) is 0.396. The molecule has 9 heavy (non-hydrogen) atoms. The Morgan fingerprint density at radius 1 is 1.11 bits per heavy atom. The fraction of sp³-hybridized carbons (Fsp3) is 1.00. The normalized spacial score (nSPS) is 21.0. The summed E-state index contributed by atoms with van der Waals surface area (Å²) in [5.41, 5.74) is 0. The third-order valence-electron chi connectivity index (χ3n) is 1.96. The molecule has 0 radical (unpaired) electrons. The van der Waals surface area contributed by atoms with Crippen molar-refractivity contribution in [2.45, 2.75) is 32.1 Å². The monoisotopic (exact) mass is 152 g/mol. The maximum Gasteiger partial charge on any atom is 1.00 e. The van der Waals surface area contributed by atoms with Crippen molar-refractivity contribution in [3.05, 3.63) is 0 Å². The van der Waals surface area contributed by atoms with Crippen molar-refractivity contribution in [1.29, 1.82) is 0 Å². The maximum absolute atomic E-state index is 10.3. The van der Waals surface area contributed by atoms with Crippen LogP contribution in [-0.4, -0.2) is 6.61 Å². The Hall–Kier alpha value is 1.60. The molecule has 1 saturated carbocycles. The van der Waals surface area contributed by atoms with Crippen molar-refractivity contribution in [3.63, 3.8) is 0 Å². The molecule has 0 bridgehead atoms. The van der Waals surface area contributed by atoms with Crippen LogP contribution in [-0.2, 0) is 0 Å². The molecule has 48 valence electrons. The van der Waals surface area contributed by atoms with Gasteiger partial charge in [0.25, 0.3) is 0 Å². The summed E-state index contributed by atoms with van der Waals surface area (Å²) in [7, 11) is 0. The molecule has 0 aromatic carbocycles. The summed E-state index contributed by atoms with van der Waals surface area (Å²) in [6.45, 7) is 0.167. The molecule has 1 fully saturated rings. The number of rotatable bonds is 1. The van der Waals surface area contributed by atoms with Crippen molar-refractivity contribution in [1.82, 2.24) is 0 Å². The summed E-state index contributed by atoms with van der Waals surface area (Å²) >= 11 is 0. The summed E-state index contributed by atoms with van der Waals surface area (Å²) in [6, 6.07) is 0. The first-order valence-electron chi connectivity index (χ1n) is 3.51. The molecule has 0 N–H and O–H groups in total. The largest absolute Gasteiger partial charge is 1.00 e. The Labute approximate surface area is 99.6 Å². The molecule has 0 aromatic heterocycles. The molecular formula is C7H13KO. The summed E-state index contributed by atoms with van der Waals surface area (Å²) in [5.74, 6) is 0.531. The number of hydrogen-bond donors (Lipinski definition) is 0. The second kappa shape index (κ2) is 6.32. The Kier molecular flexibility index (Phi) is 7.44. The van der Waals surface area contributed by atoms with Crippen molar-refractivity contribution in [2.75, 3.05) is 6.61 Å². The first kappa shape index (κ1) is 10.6. The van der Waals surface area contributed by atoms with Gasteiger partial charge in [0, 0.05) is 0 Å². The average molecular weight is 152 g/mol. The maximum atomic E-state index is 10.3. The number of hydrogen-bond acceptors (Lipinski definition) is 1. The van der Waals surface area contributed by atoms with Crippen LogP contribution in [0.4, 0.5) is 0 Å². The molecule has 0 aliphatic heterocycles. The van der Waals surface area contributed by atoms with E-state index in [2.05, 4.69) is 0 Å². The Morgan fingerprint density at radius 3 is 2.00 bits per heavy atom. The van der Waals surface area contributed by atoms with E-state index in [9.17, 15) is 5.11 Å². The van der Waals surface area contributed by atoms with Gasteiger partial charge in [-0.2, -0.15) is 0 Å². The van der Waals surface area contributed by atoms with E-state index >= 15 is 0 Å². The van der Waals surface area contributed by atoms with Crippen molar-refractivity contribution >= 4 is 0 Å². The molecule has 0 saturated heterocycles. The van der Waals surface area contributed by atoms with Gasteiger partial charge in [-0.15, -0.1) is 6.61 Å². The Bertz CT molecular complexity index is 59.9. The van der Waals surface area contributed by atoms with Crippen LogP contribution in [0.15, 0.2) is 0 Å². The van der Waals surface area contributed by atoms with Gasteiger partial charge in [-0.05, 0) is 0 Å². The zero-order chi connectivity index (χ0) is 5.82. The average Bonchev–Trinajstić information content (AvgIpc) is 1.90. The SMILES string of the molecule is [K+].[O-]CC1CCCCC1. The summed E-state index contributed by atoms with van der Waals surface area (Å²) in [5, 5.41) is 10.3. The van der Waals surface area contributed by atoms with Gasteiger partial charge in [0.1, 0.15) is 0 Å². The van der Waals surface area contributed by atoms with Crippen LogP contribution in [0.5, 0.6) is 0 Å². The second-order valence-corrected chi connectivity index (χ2v) is 2.67. The van der Waals surface area contributed by atoms with Gasteiger partial charge in [-0.1, -0.05) is 38.0 Å². The van der Waals surface area contributed by atoms with Crippen LogP contribution >= 0.6 is 0 Å². The summed E-state index contributed by atoms with van der Waals surface area (Å²) in [4.78, 5) is 0. The van der Waals surface area contributed by atoms with Gasteiger partial charge < -0.3 is 5.11 Å². The fourth-order valence-corrected chi connectivity index (χ4v) is 1.35. The second-order valence-electron chi connectivity index (χ2n) is 2.67. The van der Waals surface area contributed by atoms with Gasteiger partial charge >= 0.3 is 51.4 Å². The molecular weight excluding hydrogens is 139 g/mol. The molecule has 2 heteroatoms. The minimum atomic E-state index is 0. The van der Waals surface area contributed by atoms with Gasteiger partial charge in [0.2, 0.25) is 0 Å².